The quantitative estimate of drug-likeness (QED) is 0.778. The van der Waals surface area contributed by atoms with Gasteiger partial charge in [0.05, 0.1) is 21.8 Å². The summed E-state index contributed by atoms with van der Waals surface area (Å²) in [4.78, 5) is 8.40. The van der Waals surface area contributed by atoms with Crippen molar-refractivity contribution in [3.05, 3.63) is 33.8 Å². The van der Waals surface area contributed by atoms with Gasteiger partial charge >= 0.3 is 0 Å². The molecule has 1 aliphatic heterocycles. The third-order valence-electron chi connectivity index (χ3n) is 3.31. The highest BCUT2D eigenvalue weighted by atomic mass is 35.5. The van der Waals surface area contributed by atoms with Crippen molar-refractivity contribution in [2.45, 2.75) is 25.0 Å². The zero-order valence-electron chi connectivity index (χ0n) is 10.6. The lowest BCUT2D eigenvalue weighted by Crippen LogP contribution is -2.57. The largest absolute Gasteiger partial charge is 0.370 e. The summed E-state index contributed by atoms with van der Waals surface area (Å²) in [6.07, 6.45) is 1.43. The van der Waals surface area contributed by atoms with Gasteiger partial charge in [-0.05, 0) is 11.6 Å². The Morgan fingerprint density at radius 2 is 2.00 bits per heavy atom. The van der Waals surface area contributed by atoms with Gasteiger partial charge in [-0.3, -0.25) is 5.73 Å². The van der Waals surface area contributed by atoms with Gasteiger partial charge in [-0.25, -0.2) is 9.98 Å². The molecule has 1 unspecified atom stereocenters. The number of aliphatic imine (C=N–C) groups is 2. The Kier molecular flexibility index (Phi) is 3.47. The summed E-state index contributed by atoms with van der Waals surface area (Å²) in [5.41, 5.74) is 12.0. The van der Waals surface area contributed by atoms with E-state index >= 15 is 0 Å². The van der Waals surface area contributed by atoms with Crippen LogP contribution < -0.4 is 16.8 Å². The molecule has 0 radical (unpaired) electrons. The summed E-state index contributed by atoms with van der Waals surface area (Å²) in [5, 5.41) is 3.59. The van der Waals surface area contributed by atoms with Crippen LogP contribution in [0.1, 0.15) is 19.4 Å². The average molecular weight is 300 g/mol. The third-order valence-corrected chi connectivity index (χ3v) is 4.13. The Labute approximate surface area is 121 Å². The molecule has 102 valence electrons. The second-order valence-electron chi connectivity index (χ2n) is 4.85. The second kappa shape index (κ2) is 4.67. The van der Waals surface area contributed by atoms with Crippen molar-refractivity contribution in [2.75, 3.05) is 0 Å². The number of rotatable bonds is 2. The van der Waals surface area contributed by atoms with Gasteiger partial charge in [0.25, 0.3) is 0 Å². The molecule has 0 aromatic heterocycles. The maximum atomic E-state index is 6.27. The van der Waals surface area contributed by atoms with E-state index < -0.39 is 11.2 Å². The molecular formula is C12H15Cl2N5. The molecular weight excluding hydrogens is 285 g/mol. The number of nitrogens with two attached hydrogens (primary N) is 2. The molecule has 0 spiro atoms. The summed E-state index contributed by atoms with van der Waals surface area (Å²) < 4.78 is 0. The van der Waals surface area contributed by atoms with Gasteiger partial charge in [0.15, 0.2) is 5.96 Å². The summed E-state index contributed by atoms with van der Waals surface area (Å²) >= 11 is 12.3. The van der Waals surface area contributed by atoms with Crippen LogP contribution >= 0.6 is 23.2 Å². The van der Waals surface area contributed by atoms with E-state index in [2.05, 4.69) is 15.3 Å². The molecule has 1 aromatic rings. The first-order valence-electron chi connectivity index (χ1n) is 5.67. The van der Waals surface area contributed by atoms with Crippen LogP contribution in [0.4, 0.5) is 0 Å². The highest BCUT2D eigenvalue weighted by Crippen LogP contribution is 2.41. The van der Waals surface area contributed by atoms with Crippen LogP contribution in [0.2, 0.25) is 10.0 Å². The SMILES string of the molecule is CC(C)(c1cccc(Cl)c1Cl)C1(N)N=CNC(N)=N1. The minimum Gasteiger partial charge on any atom is -0.370 e. The average Bonchev–Trinajstić information content (AvgIpc) is 2.32. The number of nitrogens with zero attached hydrogens (tertiary/aromatic N) is 2. The Balaban J connectivity index is 2.56. The standard InChI is InChI=1S/C12H15Cl2N5/c1-11(2,7-4-3-5-8(13)9(7)14)12(16)18-6-17-10(15)19-12/h3-6H,16H2,1-2H3,(H3,15,17,18,19). The van der Waals surface area contributed by atoms with Gasteiger partial charge < -0.3 is 11.1 Å². The number of nitrogens with one attached hydrogen (secondary N) is 1. The molecule has 1 atom stereocenters. The van der Waals surface area contributed by atoms with Crippen LogP contribution in [0.25, 0.3) is 0 Å². The molecule has 5 N–H and O–H groups in total. The second-order valence-corrected chi connectivity index (χ2v) is 5.64. The zero-order valence-corrected chi connectivity index (χ0v) is 12.1. The lowest BCUT2D eigenvalue weighted by atomic mass is 9.78. The fourth-order valence-electron chi connectivity index (χ4n) is 1.93. The van der Waals surface area contributed by atoms with Gasteiger partial charge in [-0.1, -0.05) is 49.2 Å². The molecule has 0 saturated carbocycles. The maximum absolute atomic E-state index is 6.27. The van der Waals surface area contributed by atoms with E-state index in [0.29, 0.717) is 10.0 Å². The number of guanidine groups is 1. The highest BCUT2D eigenvalue weighted by Gasteiger charge is 2.45. The van der Waals surface area contributed by atoms with E-state index in [1.165, 1.54) is 6.34 Å². The Hall–Kier alpha value is -1.30. The Morgan fingerprint density at radius 1 is 1.32 bits per heavy atom. The van der Waals surface area contributed by atoms with Gasteiger partial charge in [0.1, 0.15) is 0 Å². The first-order chi connectivity index (χ1) is 8.78. The van der Waals surface area contributed by atoms with Crippen molar-refractivity contribution >= 4 is 35.5 Å². The van der Waals surface area contributed by atoms with Crippen molar-refractivity contribution in [2.24, 2.45) is 21.5 Å². The van der Waals surface area contributed by atoms with E-state index in [-0.39, 0.29) is 5.96 Å². The number of benzene rings is 1. The van der Waals surface area contributed by atoms with Gasteiger partial charge in [0.2, 0.25) is 5.79 Å². The third kappa shape index (κ3) is 2.29. The molecule has 0 aliphatic carbocycles. The Morgan fingerprint density at radius 3 is 2.63 bits per heavy atom. The van der Waals surface area contributed by atoms with E-state index in [0.717, 1.165) is 5.56 Å². The fourth-order valence-corrected chi connectivity index (χ4v) is 2.46. The van der Waals surface area contributed by atoms with Crippen LogP contribution in [0.5, 0.6) is 0 Å². The predicted molar refractivity (Wildman–Crippen MR) is 79.7 cm³/mol. The maximum Gasteiger partial charge on any atom is 0.216 e. The molecule has 2 rings (SSSR count). The summed E-state index contributed by atoms with van der Waals surface area (Å²) in [5.74, 6) is -1.03. The van der Waals surface area contributed by atoms with Crippen molar-refractivity contribution in [3.63, 3.8) is 0 Å². The molecule has 7 heteroatoms. The minimum absolute atomic E-state index is 0.212. The zero-order chi connectivity index (χ0) is 14.3. The normalized spacial score (nSPS) is 22.9. The van der Waals surface area contributed by atoms with E-state index in [9.17, 15) is 0 Å². The van der Waals surface area contributed by atoms with E-state index in [1.54, 1.807) is 6.07 Å². The smallest absolute Gasteiger partial charge is 0.216 e. The topological polar surface area (TPSA) is 88.8 Å². The number of hydrogen-bond acceptors (Lipinski definition) is 5. The minimum atomic E-state index is -1.24. The van der Waals surface area contributed by atoms with E-state index in [4.69, 9.17) is 34.7 Å². The van der Waals surface area contributed by atoms with E-state index in [1.807, 2.05) is 26.0 Å². The molecule has 0 amide bonds. The summed E-state index contributed by atoms with van der Waals surface area (Å²) in [6.45, 7) is 3.79. The molecule has 0 bridgehead atoms. The molecule has 19 heavy (non-hydrogen) atoms. The number of hydrogen-bond donors (Lipinski definition) is 3. The van der Waals surface area contributed by atoms with Gasteiger partial charge in [-0.2, -0.15) is 0 Å². The highest BCUT2D eigenvalue weighted by molar-refractivity contribution is 6.42. The van der Waals surface area contributed by atoms with Crippen LogP contribution in [0.15, 0.2) is 28.2 Å². The van der Waals surface area contributed by atoms with Crippen molar-refractivity contribution < 1.29 is 0 Å². The molecule has 5 nitrogen and oxygen atoms in total. The molecule has 0 fully saturated rings. The molecule has 1 heterocycles. The molecule has 0 saturated heterocycles. The first-order valence-corrected chi connectivity index (χ1v) is 6.42. The van der Waals surface area contributed by atoms with Gasteiger partial charge in [0, 0.05) is 0 Å². The van der Waals surface area contributed by atoms with Crippen molar-refractivity contribution in [1.29, 1.82) is 0 Å². The Bertz CT molecular complexity index is 567. The lowest BCUT2D eigenvalue weighted by Gasteiger charge is -2.39. The fraction of sp³-hybridized carbons (Fsp3) is 0.333. The van der Waals surface area contributed by atoms with Crippen molar-refractivity contribution in [3.8, 4) is 0 Å². The summed E-state index contributed by atoms with van der Waals surface area (Å²) in [6, 6.07) is 5.38. The van der Waals surface area contributed by atoms with Gasteiger partial charge in [-0.15, -0.1) is 0 Å². The first kappa shape index (κ1) is 14.1. The molecule has 1 aromatic carbocycles. The van der Waals surface area contributed by atoms with Crippen LogP contribution in [-0.4, -0.2) is 18.1 Å². The number of halogens is 2. The lowest BCUT2D eigenvalue weighted by molar-refractivity contribution is 0.275. The molecule has 1 aliphatic rings. The van der Waals surface area contributed by atoms with Crippen LogP contribution in [0.3, 0.4) is 0 Å². The monoisotopic (exact) mass is 299 g/mol. The van der Waals surface area contributed by atoms with Crippen LogP contribution in [-0.2, 0) is 5.41 Å². The van der Waals surface area contributed by atoms with Crippen molar-refractivity contribution in [1.82, 2.24) is 5.32 Å². The van der Waals surface area contributed by atoms with Crippen LogP contribution in [0, 0.1) is 0 Å². The predicted octanol–water partition coefficient (Wildman–Crippen LogP) is 1.83. The summed E-state index contributed by atoms with van der Waals surface area (Å²) in [7, 11) is 0.